The van der Waals surface area contributed by atoms with Gasteiger partial charge in [-0.1, -0.05) is 23.2 Å². The number of amides is 1. The molecule has 1 atom stereocenters. The van der Waals surface area contributed by atoms with E-state index in [1.165, 1.54) is 0 Å². The Bertz CT molecular complexity index is 816. The van der Waals surface area contributed by atoms with Gasteiger partial charge in [0.25, 0.3) is 0 Å². The molecule has 1 aliphatic heterocycles. The Morgan fingerprint density at radius 1 is 1.31 bits per heavy atom. The van der Waals surface area contributed by atoms with E-state index >= 15 is 0 Å². The molecule has 1 aliphatic rings. The van der Waals surface area contributed by atoms with E-state index in [-0.39, 0.29) is 11.8 Å². The van der Waals surface area contributed by atoms with Gasteiger partial charge < -0.3 is 15.0 Å². The molecular formula is C18H20Cl2N4O2. The van der Waals surface area contributed by atoms with Gasteiger partial charge in [0.15, 0.2) is 0 Å². The third-order valence-corrected chi connectivity index (χ3v) is 4.85. The van der Waals surface area contributed by atoms with E-state index < -0.39 is 0 Å². The van der Waals surface area contributed by atoms with Crippen LogP contribution in [0, 0.1) is 12.8 Å². The minimum absolute atomic E-state index is 0.0847. The normalized spacial score (nSPS) is 17.1. The number of benzene rings is 1. The first-order chi connectivity index (χ1) is 12.5. The van der Waals surface area contributed by atoms with Crippen molar-refractivity contribution in [3.8, 4) is 5.88 Å². The van der Waals surface area contributed by atoms with Crippen LogP contribution in [0.2, 0.25) is 10.0 Å². The average molecular weight is 395 g/mol. The second-order valence-electron chi connectivity index (χ2n) is 6.25. The van der Waals surface area contributed by atoms with Crippen LogP contribution >= 0.6 is 23.2 Å². The Labute approximate surface area is 162 Å². The molecule has 3 rings (SSSR count). The number of anilines is 2. The molecule has 8 heteroatoms. The van der Waals surface area contributed by atoms with E-state index in [1.54, 1.807) is 31.4 Å². The van der Waals surface area contributed by atoms with E-state index in [2.05, 4.69) is 15.3 Å². The number of nitrogens with zero attached hydrogens (tertiary/aromatic N) is 3. The van der Waals surface area contributed by atoms with Crippen LogP contribution in [0.15, 0.2) is 24.3 Å². The van der Waals surface area contributed by atoms with Gasteiger partial charge in [0.2, 0.25) is 17.7 Å². The van der Waals surface area contributed by atoms with Crippen molar-refractivity contribution in [3.05, 3.63) is 40.0 Å². The quantitative estimate of drug-likeness (QED) is 0.849. The van der Waals surface area contributed by atoms with Gasteiger partial charge in [-0.25, -0.2) is 4.98 Å². The van der Waals surface area contributed by atoms with Crippen molar-refractivity contribution in [1.29, 1.82) is 0 Å². The maximum absolute atomic E-state index is 12.7. The molecule has 6 nitrogen and oxygen atoms in total. The summed E-state index contributed by atoms with van der Waals surface area (Å²) >= 11 is 12.1. The first kappa shape index (κ1) is 18.7. The number of ether oxygens (including phenoxy) is 1. The number of hydrogen-bond donors (Lipinski definition) is 1. The summed E-state index contributed by atoms with van der Waals surface area (Å²) in [6, 6.07) is 6.78. The molecule has 1 aromatic heterocycles. The van der Waals surface area contributed by atoms with Crippen molar-refractivity contribution >= 4 is 40.7 Å². The lowest BCUT2D eigenvalue weighted by Crippen LogP contribution is -2.41. The van der Waals surface area contributed by atoms with E-state index in [9.17, 15) is 4.79 Å². The third-order valence-electron chi connectivity index (χ3n) is 4.29. The fourth-order valence-electron chi connectivity index (χ4n) is 2.97. The number of aryl methyl sites for hydroxylation is 1. The predicted molar refractivity (Wildman–Crippen MR) is 103 cm³/mol. The zero-order valence-corrected chi connectivity index (χ0v) is 16.1. The van der Waals surface area contributed by atoms with Crippen molar-refractivity contribution < 1.29 is 9.53 Å². The molecular weight excluding hydrogens is 375 g/mol. The Kier molecular flexibility index (Phi) is 5.84. The molecule has 1 aromatic carbocycles. The summed E-state index contributed by atoms with van der Waals surface area (Å²) < 4.78 is 5.22. The zero-order chi connectivity index (χ0) is 18.7. The lowest BCUT2D eigenvalue weighted by Gasteiger charge is -2.32. The molecule has 1 unspecified atom stereocenters. The molecule has 138 valence electrons. The molecule has 1 N–H and O–H groups in total. The molecule has 1 amide bonds. The van der Waals surface area contributed by atoms with Crippen molar-refractivity contribution in [2.45, 2.75) is 19.8 Å². The monoisotopic (exact) mass is 394 g/mol. The first-order valence-electron chi connectivity index (χ1n) is 8.37. The second-order valence-corrected chi connectivity index (χ2v) is 7.09. The van der Waals surface area contributed by atoms with Crippen LogP contribution < -0.4 is 15.0 Å². The molecule has 0 bridgehead atoms. The Hall–Kier alpha value is -2.05. The fraction of sp³-hybridized carbons (Fsp3) is 0.389. The third kappa shape index (κ3) is 4.37. The standard InChI is InChI=1S/C18H20Cl2N4O2/c1-11-8-16(26-2)23-18(21-11)24-7-3-4-12(10-24)17(25)22-15-9-13(19)5-6-14(15)20/h5-6,8-9,12H,3-4,7,10H2,1-2H3,(H,22,25). The summed E-state index contributed by atoms with van der Waals surface area (Å²) in [7, 11) is 1.58. The van der Waals surface area contributed by atoms with Crippen LogP contribution in [0.4, 0.5) is 11.6 Å². The van der Waals surface area contributed by atoms with Gasteiger partial charge in [-0.05, 0) is 38.0 Å². The summed E-state index contributed by atoms with van der Waals surface area (Å²) in [5, 5.41) is 3.86. The lowest BCUT2D eigenvalue weighted by molar-refractivity contribution is -0.120. The van der Waals surface area contributed by atoms with Gasteiger partial charge in [0, 0.05) is 29.9 Å². The van der Waals surface area contributed by atoms with Crippen LogP contribution in [0.25, 0.3) is 0 Å². The number of carbonyl (C=O) groups is 1. The Morgan fingerprint density at radius 2 is 2.12 bits per heavy atom. The summed E-state index contributed by atoms with van der Waals surface area (Å²) in [5.74, 6) is 0.831. The molecule has 0 aliphatic carbocycles. The minimum atomic E-state index is -0.186. The molecule has 2 aromatic rings. The lowest BCUT2D eigenvalue weighted by atomic mass is 9.97. The largest absolute Gasteiger partial charge is 0.481 e. The molecule has 26 heavy (non-hydrogen) atoms. The number of hydrogen-bond acceptors (Lipinski definition) is 5. The molecule has 0 saturated carbocycles. The predicted octanol–water partition coefficient (Wildman–Crippen LogP) is 3.96. The van der Waals surface area contributed by atoms with Gasteiger partial charge >= 0.3 is 0 Å². The minimum Gasteiger partial charge on any atom is -0.481 e. The SMILES string of the molecule is COc1cc(C)nc(N2CCCC(C(=O)Nc3cc(Cl)ccc3Cl)C2)n1. The number of halogens is 2. The Balaban J connectivity index is 1.73. The summed E-state index contributed by atoms with van der Waals surface area (Å²) in [6.45, 7) is 3.23. The molecule has 2 heterocycles. The highest BCUT2D eigenvalue weighted by Crippen LogP contribution is 2.28. The van der Waals surface area contributed by atoms with Crippen LogP contribution in [0.5, 0.6) is 5.88 Å². The van der Waals surface area contributed by atoms with Crippen LogP contribution in [-0.2, 0) is 4.79 Å². The Morgan fingerprint density at radius 3 is 2.88 bits per heavy atom. The van der Waals surface area contributed by atoms with Crippen molar-refractivity contribution in [3.63, 3.8) is 0 Å². The molecule has 1 saturated heterocycles. The van der Waals surface area contributed by atoms with Crippen LogP contribution in [0.1, 0.15) is 18.5 Å². The maximum atomic E-state index is 12.7. The summed E-state index contributed by atoms with van der Waals surface area (Å²) in [5.41, 5.74) is 1.35. The van der Waals surface area contributed by atoms with E-state index in [0.29, 0.717) is 34.1 Å². The smallest absolute Gasteiger partial charge is 0.229 e. The summed E-state index contributed by atoms with van der Waals surface area (Å²) in [4.78, 5) is 23.6. The number of aromatic nitrogens is 2. The van der Waals surface area contributed by atoms with Crippen LogP contribution in [0.3, 0.4) is 0 Å². The number of rotatable bonds is 4. The fourth-order valence-corrected chi connectivity index (χ4v) is 3.31. The van der Waals surface area contributed by atoms with Crippen LogP contribution in [-0.4, -0.2) is 36.1 Å². The van der Waals surface area contributed by atoms with Crippen molar-refractivity contribution in [1.82, 2.24) is 9.97 Å². The number of piperidine rings is 1. The molecule has 0 radical (unpaired) electrons. The maximum Gasteiger partial charge on any atom is 0.229 e. The van der Waals surface area contributed by atoms with E-state index in [0.717, 1.165) is 25.1 Å². The highest BCUT2D eigenvalue weighted by Gasteiger charge is 2.28. The first-order valence-corrected chi connectivity index (χ1v) is 9.12. The molecule has 1 fully saturated rings. The van der Waals surface area contributed by atoms with Crippen molar-refractivity contribution in [2.75, 3.05) is 30.4 Å². The number of carbonyl (C=O) groups excluding carboxylic acids is 1. The van der Waals surface area contributed by atoms with Gasteiger partial charge in [-0.2, -0.15) is 4.98 Å². The molecule has 0 spiro atoms. The van der Waals surface area contributed by atoms with E-state index in [4.69, 9.17) is 27.9 Å². The van der Waals surface area contributed by atoms with Gasteiger partial charge in [-0.15, -0.1) is 0 Å². The highest BCUT2D eigenvalue weighted by atomic mass is 35.5. The topological polar surface area (TPSA) is 67.3 Å². The average Bonchev–Trinajstić information content (AvgIpc) is 2.64. The zero-order valence-electron chi connectivity index (χ0n) is 14.6. The highest BCUT2D eigenvalue weighted by molar-refractivity contribution is 6.35. The van der Waals surface area contributed by atoms with Crippen molar-refractivity contribution in [2.24, 2.45) is 5.92 Å². The van der Waals surface area contributed by atoms with E-state index in [1.807, 2.05) is 11.8 Å². The summed E-state index contributed by atoms with van der Waals surface area (Å²) in [6.07, 6.45) is 1.67. The van der Waals surface area contributed by atoms with Gasteiger partial charge in [0.05, 0.1) is 23.7 Å². The van der Waals surface area contributed by atoms with Gasteiger partial charge in [0.1, 0.15) is 0 Å². The van der Waals surface area contributed by atoms with Gasteiger partial charge in [-0.3, -0.25) is 4.79 Å². The number of nitrogens with one attached hydrogen (secondary N) is 1. The second kappa shape index (κ2) is 8.10. The number of methoxy groups -OCH3 is 1.